The highest BCUT2D eigenvalue weighted by molar-refractivity contribution is 7.21. The predicted octanol–water partition coefficient (Wildman–Crippen LogP) is 5.19. The normalized spacial score (nSPS) is 17.9. The van der Waals surface area contributed by atoms with Gasteiger partial charge in [0.15, 0.2) is 0 Å². The van der Waals surface area contributed by atoms with Gasteiger partial charge in [-0.15, -0.1) is 11.3 Å². The first-order valence-electron chi connectivity index (χ1n) is 16.3. The van der Waals surface area contributed by atoms with Crippen molar-refractivity contribution in [3.63, 3.8) is 0 Å². The number of hydrogen-bond acceptors (Lipinski definition) is 9. The minimum Gasteiger partial charge on any atom is -0.465 e. The van der Waals surface area contributed by atoms with Crippen molar-refractivity contribution in [2.75, 3.05) is 25.5 Å². The number of rotatable bonds is 8. The van der Waals surface area contributed by atoms with Crippen molar-refractivity contribution < 1.29 is 33.8 Å². The van der Waals surface area contributed by atoms with Gasteiger partial charge < -0.3 is 30.4 Å². The highest BCUT2D eigenvalue weighted by atomic mass is 32.1. The van der Waals surface area contributed by atoms with Crippen molar-refractivity contribution in [1.82, 2.24) is 35.4 Å². The molecule has 15 nitrogen and oxygen atoms in total. The van der Waals surface area contributed by atoms with Crippen LogP contribution in [0.3, 0.4) is 0 Å². The molecule has 16 heteroatoms. The van der Waals surface area contributed by atoms with E-state index >= 15 is 0 Å². The molecule has 262 valence electrons. The number of imidazole rings is 1. The average Bonchev–Trinajstić information content (AvgIpc) is 3.92. The Labute approximate surface area is 291 Å². The SMILES string of the molecule is COC(=O)N[C@H](C(=O)N1CCCC1c1ncc(-c2ccc(-c3nc4ccc(NC(=O)NC(=O)[C@@H]5CCCN5C(=O)O)cc4s3)cc2)[nH]1)C(C)C. The van der Waals surface area contributed by atoms with E-state index in [1.807, 2.05) is 38.1 Å². The molecule has 2 aliphatic heterocycles. The first kappa shape index (κ1) is 34.4. The fourth-order valence-electron chi connectivity index (χ4n) is 6.39. The van der Waals surface area contributed by atoms with Gasteiger partial charge in [-0.1, -0.05) is 38.1 Å². The standard InChI is InChI=1S/C34H38N8O7S/c1-18(2)27(39-33(46)49-3)31(44)41-14-4-6-24(41)28-35-17-23(37-28)19-8-10-20(11-9-19)30-38-22-13-12-21(16-26(22)50-30)36-32(45)40-29(43)25-7-5-15-42(25)34(47)48/h8-13,16-18,24-25,27H,4-7,14-15H2,1-3H3,(H,35,37)(H,39,46)(H,47,48)(H2,36,40,43,45)/t24?,25-,27-/m0/s1. The fourth-order valence-corrected chi connectivity index (χ4v) is 7.40. The van der Waals surface area contributed by atoms with E-state index in [1.165, 1.54) is 18.4 Å². The summed E-state index contributed by atoms with van der Waals surface area (Å²) in [6.45, 7) is 4.59. The van der Waals surface area contributed by atoms with Crippen LogP contribution in [0.5, 0.6) is 0 Å². The monoisotopic (exact) mass is 702 g/mol. The van der Waals surface area contributed by atoms with Crippen LogP contribution < -0.4 is 16.0 Å². The number of carboxylic acid groups (broad SMARTS) is 1. The Balaban J connectivity index is 1.10. The Morgan fingerprint density at radius 2 is 1.72 bits per heavy atom. The Bertz CT molecular complexity index is 1920. The number of nitrogens with zero attached hydrogens (tertiary/aromatic N) is 4. The van der Waals surface area contributed by atoms with Crippen molar-refractivity contribution in [3.8, 4) is 21.8 Å². The zero-order valence-electron chi connectivity index (χ0n) is 27.8. The van der Waals surface area contributed by atoms with Gasteiger partial charge >= 0.3 is 18.2 Å². The van der Waals surface area contributed by atoms with Gasteiger partial charge in [-0.25, -0.2) is 24.4 Å². The molecule has 4 heterocycles. The van der Waals surface area contributed by atoms with Crippen molar-refractivity contribution >= 4 is 57.3 Å². The molecule has 1 unspecified atom stereocenters. The molecule has 50 heavy (non-hydrogen) atoms. The van der Waals surface area contributed by atoms with Crippen LogP contribution in [-0.2, 0) is 14.3 Å². The number of aromatic amines is 1. The quantitative estimate of drug-likeness (QED) is 0.164. The third kappa shape index (κ3) is 7.24. The van der Waals surface area contributed by atoms with Crippen LogP contribution in [-0.4, -0.2) is 92.2 Å². The van der Waals surface area contributed by atoms with Crippen LogP contribution in [0.2, 0.25) is 0 Å². The molecule has 2 fully saturated rings. The first-order valence-corrected chi connectivity index (χ1v) is 17.2. The lowest BCUT2D eigenvalue weighted by atomic mass is 10.0. The second-order valence-electron chi connectivity index (χ2n) is 12.6. The molecule has 0 aliphatic carbocycles. The number of H-pyrrole nitrogens is 1. The van der Waals surface area contributed by atoms with Crippen LogP contribution in [0.15, 0.2) is 48.7 Å². The van der Waals surface area contributed by atoms with Crippen molar-refractivity contribution in [3.05, 3.63) is 54.5 Å². The molecule has 5 N–H and O–H groups in total. The van der Waals surface area contributed by atoms with Crippen LogP contribution in [0.4, 0.5) is 20.1 Å². The van der Waals surface area contributed by atoms with Gasteiger partial charge in [0.1, 0.15) is 22.9 Å². The molecule has 6 amide bonds. The van der Waals surface area contributed by atoms with E-state index in [0.717, 1.165) is 49.8 Å². The highest BCUT2D eigenvalue weighted by Crippen LogP contribution is 2.35. The van der Waals surface area contributed by atoms with E-state index < -0.39 is 36.2 Å². The number of likely N-dealkylation sites (tertiary alicyclic amines) is 2. The summed E-state index contributed by atoms with van der Waals surface area (Å²) < 4.78 is 5.56. The number of carbonyl (C=O) groups is 5. The zero-order valence-corrected chi connectivity index (χ0v) is 28.6. The lowest BCUT2D eigenvalue weighted by Crippen LogP contribution is -2.51. The number of thiazole rings is 1. The maximum absolute atomic E-state index is 13.5. The maximum atomic E-state index is 13.5. The van der Waals surface area contributed by atoms with Gasteiger partial charge in [-0.2, -0.15) is 0 Å². The van der Waals surface area contributed by atoms with Crippen LogP contribution in [0.25, 0.3) is 32.0 Å². The molecule has 2 saturated heterocycles. The molecular weight excluding hydrogens is 664 g/mol. The zero-order chi connectivity index (χ0) is 35.5. The van der Waals surface area contributed by atoms with Crippen LogP contribution in [0.1, 0.15) is 51.4 Å². The Morgan fingerprint density at radius 1 is 1.00 bits per heavy atom. The smallest absolute Gasteiger partial charge is 0.407 e. The van der Waals surface area contributed by atoms with Gasteiger partial charge in [-0.3, -0.25) is 19.8 Å². The largest absolute Gasteiger partial charge is 0.465 e. The van der Waals surface area contributed by atoms with E-state index in [9.17, 15) is 29.1 Å². The number of carbonyl (C=O) groups excluding carboxylic acids is 4. The summed E-state index contributed by atoms with van der Waals surface area (Å²) in [7, 11) is 1.27. The molecule has 0 radical (unpaired) electrons. The Kier molecular flexibility index (Phi) is 9.99. The number of aromatic nitrogens is 3. The summed E-state index contributed by atoms with van der Waals surface area (Å²) in [5, 5.41) is 17.6. The average molecular weight is 703 g/mol. The van der Waals surface area contributed by atoms with Gasteiger partial charge in [0.05, 0.1) is 35.3 Å². The summed E-state index contributed by atoms with van der Waals surface area (Å²) in [5.74, 6) is -0.257. The molecule has 0 saturated carbocycles. The molecule has 2 aliphatic rings. The van der Waals surface area contributed by atoms with Crippen LogP contribution in [0, 0.1) is 5.92 Å². The summed E-state index contributed by atoms with van der Waals surface area (Å²) in [6, 6.07) is 10.5. The highest BCUT2D eigenvalue weighted by Gasteiger charge is 2.38. The summed E-state index contributed by atoms with van der Waals surface area (Å²) >= 11 is 1.45. The van der Waals surface area contributed by atoms with Gasteiger partial charge in [0.25, 0.3) is 5.91 Å². The molecule has 6 rings (SSSR count). The number of urea groups is 1. The topological polar surface area (TPSA) is 199 Å². The third-order valence-corrected chi connectivity index (χ3v) is 10.0. The van der Waals surface area contributed by atoms with Gasteiger partial charge in [0.2, 0.25) is 5.91 Å². The Morgan fingerprint density at radius 3 is 2.44 bits per heavy atom. The molecule has 3 atom stereocenters. The Hall–Kier alpha value is -5.51. The number of benzene rings is 2. The van der Waals surface area contributed by atoms with E-state index in [1.54, 1.807) is 29.3 Å². The molecule has 2 aromatic carbocycles. The minimum absolute atomic E-state index is 0.123. The van der Waals surface area contributed by atoms with E-state index in [-0.39, 0.29) is 24.4 Å². The number of ether oxygens (including phenoxy) is 1. The molecule has 4 aromatic rings. The lowest BCUT2D eigenvalue weighted by molar-refractivity contribution is -0.135. The number of imide groups is 1. The number of hydrogen-bond donors (Lipinski definition) is 5. The number of nitrogens with one attached hydrogen (secondary N) is 4. The van der Waals surface area contributed by atoms with Crippen LogP contribution >= 0.6 is 11.3 Å². The minimum atomic E-state index is -1.19. The second-order valence-corrected chi connectivity index (χ2v) is 13.6. The first-order chi connectivity index (χ1) is 24.0. The number of amides is 6. The van der Waals surface area contributed by atoms with Crippen molar-refractivity contribution in [1.29, 1.82) is 0 Å². The van der Waals surface area contributed by atoms with E-state index in [2.05, 4.69) is 25.9 Å². The summed E-state index contributed by atoms with van der Waals surface area (Å²) in [5.41, 5.74) is 3.83. The molecule has 0 bridgehead atoms. The fraction of sp³-hybridized carbons (Fsp3) is 0.382. The summed E-state index contributed by atoms with van der Waals surface area (Å²) in [4.78, 5) is 77.3. The van der Waals surface area contributed by atoms with Crippen molar-refractivity contribution in [2.45, 2.75) is 57.7 Å². The van der Waals surface area contributed by atoms with E-state index in [0.29, 0.717) is 30.9 Å². The molecular formula is C34H38N8O7S. The molecule has 2 aromatic heterocycles. The molecule has 0 spiro atoms. The number of anilines is 1. The second kappa shape index (κ2) is 14.5. The number of fused-ring (bicyclic) bond motifs is 1. The van der Waals surface area contributed by atoms with Gasteiger partial charge in [0, 0.05) is 24.3 Å². The van der Waals surface area contributed by atoms with Gasteiger partial charge in [-0.05, 0) is 55.4 Å². The predicted molar refractivity (Wildman–Crippen MR) is 185 cm³/mol. The third-order valence-electron chi connectivity index (χ3n) is 8.97. The van der Waals surface area contributed by atoms with E-state index in [4.69, 9.17) is 9.72 Å². The number of methoxy groups -OCH3 is 1. The summed E-state index contributed by atoms with van der Waals surface area (Å²) in [6.07, 6.45) is 2.43. The van der Waals surface area contributed by atoms with Crippen molar-refractivity contribution in [2.24, 2.45) is 5.92 Å². The maximum Gasteiger partial charge on any atom is 0.407 e. The number of alkyl carbamates (subject to hydrolysis) is 1. The lowest BCUT2D eigenvalue weighted by Gasteiger charge is -2.30.